The van der Waals surface area contributed by atoms with Gasteiger partial charge in [0.15, 0.2) is 6.04 Å². The topological polar surface area (TPSA) is 85.5 Å². The molecule has 18 heavy (non-hydrogen) atoms. The molecule has 0 aliphatic heterocycles. The number of nitrogens with two attached hydrogens (primary N) is 1. The largest absolute Gasteiger partial charge is 0.464 e. The monoisotopic (exact) mass is 251 g/mol. The third kappa shape index (κ3) is 3.81. The molecule has 0 bridgehead atoms. The average Bonchev–Trinajstić information content (AvgIpc) is 2.38. The molecule has 1 aromatic rings. The van der Waals surface area contributed by atoms with Crippen molar-refractivity contribution in [2.75, 3.05) is 13.7 Å². The minimum Gasteiger partial charge on any atom is -0.464 e. The summed E-state index contributed by atoms with van der Waals surface area (Å²) < 4.78 is 4.70. The SMILES string of the molecule is CCOC(=O)C(N)C(=O)N(C)Cc1cccnc1. The Kier molecular flexibility index (Phi) is 5.26. The first-order valence-electron chi connectivity index (χ1n) is 5.62. The Morgan fingerprint density at radius 1 is 1.56 bits per heavy atom. The van der Waals surface area contributed by atoms with E-state index in [4.69, 9.17) is 10.5 Å². The Bertz CT molecular complexity index is 408. The highest BCUT2D eigenvalue weighted by atomic mass is 16.5. The van der Waals surface area contributed by atoms with E-state index in [2.05, 4.69) is 4.98 Å². The molecule has 1 atom stereocenters. The third-order valence-corrected chi connectivity index (χ3v) is 2.33. The quantitative estimate of drug-likeness (QED) is 0.585. The number of carbonyl (C=O) groups is 2. The van der Waals surface area contributed by atoms with E-state index >= 15 is 0 Å². The Hall–Kier alpha value is -1.95. The summed E-state index contributed by atoms with van der Waals surface area (Å²) in [5.74, 6) is -1.18. The van der Waals surface area contributed by atoms with Gasteiger partial charge >= 0.3 is 5.97 Å². The third-order valence-electron chi connectivity index (χ3n) is 2.33. The molecule has 0 aliphatic rings. The van der Waals surface area contributed by atoms with E-state index in [1.54, 1.807) is 32.4 Å². The minimum absolute atomic E-state index is 0.201. The van der Waals surface area contributed by atoms with Crippen molar-refractivity contribution in [3.63, 3.8) is 0 Å². The van der Waals surface area contributed by atoms with E-state index in [9.17, 15) is 9.59 Å². The van der Waals surface area contributed by atoms with Crippen LogP contribution in [0.25, 0.3) is 0 Å². The highest BCUT2D eigenvalue weighted by molar-refractivity contribution is 6.01. The van der Waals surface area contributed by atoms with Gasteiger partial charge in [-0.25, -0.2) is 4.79 Å². The maximum Gasteiger partial charge on any atom is 0.332 e. The van der Waals surface area contributed by atoms with Gasteiger partial charge in [-0.15, -0.1) is 0 Å². The lowest BCUT2D eigenvalue weighted by Gasteiger charge is -2.20. The molecule has 0 fully saturated rings. The molecule has 0 aromatic carbocycles. The van der Waals surface area contributed by atoms with Crippen LogP contribution < -0.4 is 5.73 Å². The van der Waals surface area contributed by atoms with E-state index < -0.39 is 17.9 Å². The molecule has 0 spiro atoms. The van der Waals surface area contributed by atoms with Gasteiger partial charge in [0.1, 0.15) is 0 Å². The normalized spacial score (nSPS) is 11.7. The van der Waals surface area contributed by atoms with Gasteiger partial charge in [0.25, 0.3) is 5.91 Å². The van der Waals surface area contributed by atoms with Gasteiger partial charge in [0, 0.05) is 26.0 Å². The van der Waals surface area contributed by atoms with Crippen LogP contribution >= 0.6 is 0 Å². The lowest BCUT2D eigenvalue weighted by Crippen LogP contribution is -2.47. The fraction of sp³-hybridized carbons (Fsp3) is 0.417. The predicted octanol–water partition coefficient (Wildman–Crippen LogP) is -0.0696. The summed E-state index contributed by atoms with van der Waals surface area (Å²) >= 11 is 0. The summed E-state index contributed by atoms with van der Waals surface area (Å²) in [5.41, 5.74) is 6.39. The average molecular weight is 251 g/mol. The van der Waals surface area contributed by atoms with Gasteiger partial charge < -0.3 is 15.4 Å². The summed E-state index contributed by atoms with van der Waals surface area (Å²) in [5, 5.41) is 0. The number of hydrogen-bond donors (Lipinski definition) is 1. The highest BCUT2D eigenvalue weighted by Gasteiger charge is 2.26. The van der Waals surface area contributed by atoms with Crippen LogP contribution in [-0.2, 0) is 20.9 Å². The molecule has 1 unspecified atom stereocenters. The van der Waals surface area contributed by atoms with Gasteiger partial charge in [0.2, 0.25) is 0 Å². The van der Waals surface area contributed by atoms with Crippen molar-refractivity contribution < 1.29 is 14.3 Å². The first-order valence-corrected chi connectivity index (χ1v) is 5.62. The fourth-order valence-corrected chi connectivity index (χ4v) is 1.41. The Labute approximate surface area is 106 Å². The lowest BCUT2D eigenvalue weighted by atomic mass is 10.2. The van der Waals surface area contributed by atoms with Crippen LogP contribution in [-0.4, -0.2) is 41.5 Å². The van der Waals surface area contributed by atoms with Crippen LogP contribution in [0.1, 0.15) is 12.5 Å². The molecular weight excluding hydrogens is 234 g/mol. The molecule has 0 saturated heterocycles. The van der Waals surface area contributed by atoms with Crippen LogP contribution in [0.3, 0.4) is 0 Å². The predicted molar refractivity (Wildman–Crippen MR) is 65.3 cm³/mol. The second-order valence-corrected chi connectivity index (χ2v) is 3.79. The summed E-state index contributed by atoms with van der Waals surface area (Å²) in [4.78, 5) is 28.5. The van der Waals surface area contributed by atoms with Crippen LogP contribution in [0.5, 0.6) is 0 Å². The number of hydrogen-bond acceptors (Lipinski definition) is 5. The van der Waals surface area contributed by atoms with Gasteiger partial charge in [-0.05, 0) is 18.6 Å². The molecule has 0 aliphatic carbocycles. The van der Waals surface area contributed by atoms with Crippen molar-refractivity contribution in [1.29, 1.82) is 0 Å². The zero-order valence-corrected chi connectivity index (χ0v) is 10.5. The minimum atomic E-state index is -1.27. The van der Waals surface area contributed by atoms with E-state index in [1.165, 1.54) is 4.90 Å². The van der Waals surface area contributed by atoms with Crippen molar-refractivity contribution in [2.24, 2.45) is 5.73 Å². The van der Waals surface area contributed by atoms with Gasteiger partial charge in [-0.2, -0.15) is 0 Å². The lowest BCUT2D eigenvalue weighted by molar-refractivity contribution is -0.150. The zero-order chi connectivity index (χ0) is 13.5. The molecule has 1 aromatic heterocycles. The molecule has 2 N–H and O–H groups in total. The van der Waals surface area contributed by atoms with Gasteiger partial charge in [0.05, 0.1) is 6.61 Å². The molecule has 0 saturated carbocycles. The van der Waals surface area contributed by atoms with Crippen molar-refractivity contribution in [2.45, 2.75) is 19.5 Å². The van der Waals surface area contributed by atoms with Crippen molar-refractivity contribution in [3.05, 3.63) is 30.1 Å². The number of aromatic nitrogens is 1. The Morgan fingerprint density at radius 2 is 2.28 bits per heavy atom. The highest BCUT2D eigenvalue weighted by Crippen LogP contribution is 2.02. The number of esters is 1. The van der Waals surface area contributed by atoms with Crippen LogP contribution in [0.4, 0.5) is 0 Å². The van der Waals surface area contributed by atoms with Gasteiger partial charge in [-0.1, -0.05) is 6.07 Å². The number of likely N-dealkylation sites (N-methyl/N-ethyl adjacent to an activating group) is 1. The smallest absolute Gasteiger partial charge is 0.332 e. The van der Waals surface area contributed by atoms with Crippen LogP contribution in [0.15, 0.2) is 24.5 Å². The van der Waals surface area contributed by atoms with Crippen LogP contribution in [0.2, 0.25) is 0 Å². The van der Waals surface area contributed by atoms with Crippen molar-refractivity contribution >= 4 is 11.9 Å². The number of carbonyl (C=O) groups excluding carboxylic acids is 2. The standard InChI is InChI=1S/C12H17N3O3/c1-3-18-12(17)10(13)11(16)15(2)8-9-5-4-6-14-7-9/h4-7,10H,3,8,13H2,1-2H3. The molecule has 1 heterocycles. The van der Waals surface area contributed by atoms with E-state index in [0.29, 0.717) is 6.54 Å². The number of nitrogens with zero attached hydrogens (tertiary/aromatic N) is 2. The zero-order valence-electron chi connectivity index (χ0n) is 10.5. The fourth-order valence-electron chi connectivity index (χ4n) is 1.41. The number of ether oxygens (including phenoxy) is 1. The summed E-state index contributed by atoms with van der Waals surface area (Å²) in [6, 6.07) is 2.35. The number of pyridine rings is 1. The maximum atomic E-state index is 11.8. The molecule has 0 radical (unpaired) electrons. The van der Waals surface area contributed by atoms with Crippen LogP contribution in [0, 0.1) is 0 Å². The van der Waals surface area contributed by atoms with E-state index in [0.717, 1.165) is 5.56 Å². The number of rotatable bonds is 5. The maximum absolute atomic E-state index is 11.8. The second-order valence-electron chi connectivity index (χ2n) is 3.79. The van der Waals surface area contributed by atoms with Crippen molar-refractivity contribution in [1.82, 2.24) is 9.88 Å². The molecule has 6 nitrogen and oxygen atoms in total. The second kappa shape index (κ2) is 6.70. The molecule has 6 heteroatoms. The first kappa shape index (κ1) is 14.1. The molecule has 98 valence electrons. The van der Waals surface area contributed by atoms with Gasteiger partial charge in [-0.3, -0.25) is 9.78 Å². The summed E-state index contributed by atoms with van der Waals surface area (Å²) in [7, 11) is 1.58. The molecule has 1 rings (SSSR count). The first-order chi connectivity index (χ1) is 8.56. The summed E-state index contributed by atoms with van der Waals surface area (Å²) in [6.45, 7) is 2.21. The van der Waals surface area contributed by atoms with Crippen molar-refractivity contribution in [3.8, 4) is 0 Å². The van der Waals surface area contributed by atoms with E-state index in [1.807, 2.05) is 6.07 Å². The Balaban J connectivity index is 2.58. The number of amides is 1. The summed E-state index contributed by atoms with van der Waals surface area (Å²) in [6.07, 6.45) is 3.30. The Morgan fingerprint density at radius 3 is 2.83 bits per heavy atom. The van der Waals surface area contributed by atoms with E-state index in [-0.39, 0.29) is 6.61 Å². The molecule has 1 amide bonds. The molecular formula is C12H17N3O3.